The third-order valence-electron chi connectivity index (χ3n) is 5.37. The number of hydrogen-bond acceptors (Lipinski definition) is 4. The van der Waals surface area contributed by atoms with E-state index in [1.165, 1.54) is 19.3 Å². The van der Waals surface area contributed by atoms with Crippen LogP contribution in [0.2, 0.25) is 0 Å². The van der Waals surface area contributed by atoms with Crippen LogP contribution in [-0.2, 0) is 5.60 Å². The Labute approximate surface area is 127 Å². The molecule has 3 N–H and O–H groups in total. The summed E-state index contributed by atoms with van der Waals surface area (Å²) < 4.78 is 0. The molecule has 2 saturated heterocycles. The molecule has 2 aliphatic heterocycles. The van der Waals surface area contributed by atoms with Crippen LogP contribution >= 0.6 is 0 Å². The highest BCUT2D eigenvalue weighted by molar-refractivity contribution is 5.23. The zero-order valence-electron chi connectivity index (χ0n) is 12.9. The molecule has 0 aromatic heterocycles. The molecule has 2 bridgehead atoms. The van der Waals surface area contributed by atoms with E-state index in [4.69, 9.17) is 5.73 Å². The number of likely N-dealkylation sites (tertiary alicyclic amines) is 1. The Balaban J connectivity index is 1.72. The van der Waals surface area contributed by atoms with Crippen LogP contribution in [0.4, 0.5) is 0 Å². The van der Waals surface area contributed by atoms with Gasteiger partial charge in [-0.3, -0.25) is 9.80 Å². The van der Waals surface area contributed by atoms with Crippen molar-refractivity contribution in [2.75, 3.05) is 33.2 Å². The topological polar surface area (TPSA) is 52.7 Å². The molecule has 0 amide bonds. The van der Waals surface area contributed by atoms with Gasteiger partial charge in [-0.05, 0) is 38.4 Å². The van der Waals surface area contributed by atoms with Gasteiger partial charge in [0.2, 0.25) is 0 Å². The molecule has 0 aliphatic carbocycles. The van der Waals surface area contributed by atoms with Crippen molar-refractivity contribution in [3.63, 3.8) is 0 Å². The highest BCUT2D eigenvalue weighted by atomic mass is 16.3. The number of nitrogens with zero attached hydrogens (tertiary/aromatic N) is 2. The Bertz CT molecular complexity index is 466. The first-order valence-electron chi connectivity index (χ1n) is 8.04. The summed E-state index contributed by atoms with van der Waals surface area (Å²) in [6.45, 7) is 2.99. The lowest BCUT2D eigenvalue weighted by molar-refractivity contribution is 0.00471. The van der Waals surface area contributed by atoms with E-state index in [1.54, 1.807) is 0 Å². The zero-order valence-corrected chi connectivity index (χ0v) is 12.9. The van der Waals surface area contributed by atoms with Crippen LogP contribution in [0.1, 0.15) is 24.8 Å². The molecule has 1 aromatic rings. The second-order valence-electron chi connectivity index (χ2n) is 6.68. The summed E-state index contributed by atoms with van der Waals surface area (Å²) in [4.78, 5) is 4.93. The number of rotatable bonds is 4. The summed E-state index contributed by atoms with van der Waals surface area (Å²) >= 11 is 0. The maximum absolute atomic E-state index is 11.0. The number of likely N-dealkylation sites (N-methyl/N-ethyl adjacent to an activating group) is 1. The summed E-state index contributed by atoms with van der Waals surface area (Å²) in [5, 5.41) is 11.0. The van der Waals surface area contributed by atoms with Crippen molar-refractivity contribution >= 4 is 0 Å². The number of hydrogen-bond donors (Lipinski definition) is 2. The zero-order chi connectivity index (χ0) is 14.9. The number of aliphatic hydroxyl groups is 1. The number of β-amino-alcohol motifs (C(OH)–C–C–N with tert-alkyl or cyclic N) is 1. The number of benzene rings is 1. The minimum atomic E-state index is -0.941. The maximum Gasteiger partial charge on any atom is 0.114 e. The molecule has 0 saturated carbocycles. The first kappa shape index (κ1) is 15.0. The molecular weight excluding hydrogens is 262 g/mol. The first-order chi connectivity index (χ1) is 10.1. The fraction of sp³-hybridized carbons (Fsp3) is 0.647. The van der Waals surface area contributed by atoms with Crippen molar-refractivity contribution in [1.82, 2.24) is 9.80 Å². The molecule has 4 nitrogen and oxygen atoms in total. The third-order valence-corrected chi connectivity index (χ3v) is 5.37. The van der Waals surface area contributed by atoms with E-state index in [0.29, 0.717) is 12.6 Å². The van der Waals surface area contributed by atoms with E-state index in [0.717, 1.165) is 24.7 Å². The SMILES string of the molecule is CN1C2CCC1CN(CC(O)(CN)c1ccccc1)CC2. The van der Waals surface area contributed by atoms with Crippen LogP contribution in [0, 0.1) is 0 Å². The minimum Gasteiger partial charge on any atom is -0.382 e. The number of fused-ring (bicyclic) bond motifs is 2. The monoisotopic (exact) mass is 289 g/mol. The van der Waals surface area contributed by atoms with Crippen LogP contribution in [0.3, 0.4) is 0 Å². The summed E-state index contributed by atoms with van der Waals surface area (Å²) in [5.41, 5.74) is 5.90. The van der Waals surface area contributed by atoms with Gasteiger partial charge in [0, 0.05) is 31.7 Å². The van der Waals surface area contributed by atoms with E-state index >= 15 is 0 Å². The highest BCUT2D eigenvalue weighted by Gasteiger charge is 2.37. The Morgan fingerprint density at radius 1 is 1.19 bits per heavy atom. The Morgan fingerprint density at radius 2 is 1.90 bits per heavy atom. The second-order valence-corrected chi connectivity index (χ2v) is 6.68. The van der Waals surface area contributed by atoms with Gasteiger partial charge in [0.05, 0.1) is 0 Å². The predicted molar refractivity (Wildman–Crippen MR) is 85.0 cm³/mol. The van der Waals surface area contributed by atoms with Gasteiger partial charge in [-0.1, -0.05) is 30.3 Å². The predicted octanol–water partition coefficient (Wildman–Crippen LogP) is 1.00. The molecule has 1 aromatic carbocycles. The maximum atomic E-state index is 11.0. The lowest BCUT2D eigenvalue weighted by Crippen LogP contribution is -2.48. The lowest BCUT2D eigenvalue weighted by atomic mass is 9.92. The van der Waals surface area contributed by atoms with E-state index in [-0.39, 0.29) is 6.54 Å². The lowest BCUT2D eigenvalue weighted by Gasteiger charge is -2.35. The quantitative estimate of drug-likeness (QED) is 0.868. The van der Waals surface area contributed by atoms with Crippen molar-refractivity contribution < 1.29 is 5.11 Å². The molecule has 2 aliphatic rings. The van der Waals surface area contributed by atoms with Gasteiger partial charge in [0.15, 0.2) is 0 Å². The molecule has 3 atom stereocenters. The normalized spacial score (nSPS) is 30.0. The van der Waals surface area contributed by atoms with Gasteiger partial charge in [-0.2, -0.15) is 0 Å². The Kier molecular flexibility index (Phi) is 4.31. The molecule has 0 spiro atoms. The van der Waals surface area contributed by atoms with Crippen molar-refractivity contribution in [3.8, 4) is 0 Å². The van der Waals surface area contributed by atoms with E-state index < -0.39 is 5.60 Å². The molecule has 3 rings (SSSR count). The van der Waals surface area contributed by atoms with Crippen LogP contribution in [-0.4, -0.2) is 60.2 Å². The molecule has 0 radical (unpaired) electrons. The Hall–Kier alpha value is -0.940. The fourth-order valence-corrected chi connectivity index (χ4v) is 3.91. The third kappa shape index (κ3) is 2.99. The molecule has 2 fully saturated rings. The highest BCUT2D eigenvalue weighted by Crippen LogP contribution is 2.30. The first-order valence-corrected chi connectivity index (χ1v) is 8.04. The van der Waals surface area contributed by atoms with Crippen LogP contribution < -0.4 is 5.73 Å². The van der Waals surface area contributed by atoms with Crippen molar-refractivity contribution in [1.29, 1.82) is 0 Å². The smallest absolute Gasteiger partial charge is 0.114 e. The largest absolute Gasteiger partial charge is 0.382 e. The summed E-state index contributed by atoms with van der Waals surface area (Å²) in [7, 11) is 2.25. The van der Waals surface area contributed by atoms with Crippen LogP contribution in [0.5, 0.6) is 0 Å². The van der Waals surface area contributed by atoms with Gasteiger partial charge >= 0.3 is 0 Å². The van der Waals surface area contributed by atoms with E-state index in [9.17, 15) is 5.11 Å². The molecule has 116 valence electrons. The molecular formula is C17H27N3O. The van der Waals surface area contributed by atoms with Gasteiger partial charge in [0.1, 0.15) is 5.60 Å². The number of nitrogens with two attached hydrogens (primary N) is 1. The Morgan fingerprint density at radius 3 is 2.62 bits per heavy atom. The van der Waals surface area contributed by atoms with Gasteiger partial charge < -0.3 is 10.8 Å². The second kappa shape index (κ2) is 6.05. The van der Waals surface area contributed by atoms with Crippen LogP contribution in [0.15, 0.2) is 30.3 Å². The van der Waals surface area contributed by atoms with Crippen molar-refractivity contribution in [3.05, 3.63) is 35.9 Å². The van der Waals surface area contributed by atoms with Crippen molar-refractivity contribution in [2.45, 2.75) is 36.9 Å². The van der Waals surface area contributed by atoms with E-state index in [1.807, 2.05) is 30.3 Å². The van der Waals surface area contributed by atoms with Gasteiger partial charge in [-0.15, -0.1) is 0 Å². The van der Waals surface area contributed by atoms with Crippen LogP contribution in [0.25, 0.3) is 0 Å². The van der Waals surface area contributed by atoms with Gasteiger partial charge in [0.25, 0.3) is 0 Å². The molecule has 3 unspecified atom stereocenters. The summed E-state index contributed by atoms with van der Waals surface area (Å²) in [6, 6.07) is 11.2. The van der Waals surface area contributed by atoms with Crippen molar-refractivity contribution in [2.24, 2.45) is 5.73 Å². The van der Waals surface area contributed by atoms with Gasteiger partial charge in [-0.25, -0.2) is 0 Å². The average molecular weight is 289 g/mol. The average Bonchev–Trinajstić information content (AvgIpc) is 2.76. The standard InChI is InChI=1S/C17H27N3O/c1-19-15-7-8-16(19)11-20(10-9-15)13-17(21,12-18)14-5-3-2-4-6-14/h2-6,15-16,21H,7-13,18H2,1H3. The minimum absolute atomic E-state index is 0.261. The molecule has 2 heterocycles. The summed E-state index contributed by atoms with van der Waals surface area (Å²) in [6.07, 6.45) is 3.81. The summed E-state index contributed by atoms with van der Waals surface area (Å²) in [5.74, 6) is 0. The molecule has 4 heteroatoms. The van der Waals surface area contributed by atoms with E-state index in [2.05, 4.69) is 16.8 Å². The molecule has 21 heavy (non-hydrogen) atoms. The fourth-order valence-electron chi connectivity index (χ4n) is 3.91.